The van der Waals surface area contributed by atoms with Crippen molar-refractivity contribution in [3.8, 4) is 0 Å². The summed E-state index contributed by atoms with van der Waals surface area (Å²) in [6.45, 7) is 0. The van der Waals surface area contributed by atoms with Crippen LogP contribution in [0, 0.1) is 0 Å². The lowest BCUT2D eigenvalue weighted by molar-refractivity contribution is 0.312. The van der Waals surface area contributed by atoms with Crippen LogP contribution in [0.1, 0.15) is 12.8 Å². The SMILES string of the molecule is [O]C1=CCCC=C1. The molecular formula is C6H7O. The van der Waals surface area contributed by atoms with Crippen LogP contribution in [0.25, 0.3) is 0 Å². The molecule has 0 aliphatic heterocycles. The molecule has 1 heteroatoms. The fourth-order valence-electron chi connectivity index (χ4n) is 0.589. The molecule has 1 aliphatic carbocycles. The summed E-state index contributed by atoms with van der Waals surface area (Å²) >= 11 is 0. The standard InChI is InChI=1S/C6H7O/c7-6-4-2-1-3-5-6/h2,4-5H,1,3H2. The van der Waals surface area contributed by atoms with E-state index < -0.39 is 0 Å². The molecule has 0 aromatic rings. The van der Waals surface area contributed by atoms with Crippen LogP contribution in [0.4, 0.5) is 0 Å². The highest BCUT2D eigenvalue weighted by Gasteiger charge is 1.91. The van der Waals surface area contributed by atoms with Crippen molar-refractivity contribution in [2.75, 3.05) is 0 Å². The summed E-state index contributed by atoms with van der Waals surface area (Å²) in [6, 6.07) is 0. The lowest BCUT2D eigenvalue weighted by Gasteiger charge is -1.92. The van der Waals surface area contributed by atoms with E-state index in [4.69, 9.17) is 0 Å². The second-order valence-corrected chi connectivity index (χ2v) is 1.59. The first-order valence-electron chi connectivity index (χ1n) is 2.43. The van der Waals surface area contributed by atoms with E-state index in [0.29, 0.717) is 0 Å². The molecule has 37 valence electrons. The maximum Gasteiger partial charge on any atom is 0.174 e. The first-order valence-corrected chi connectivity index (χ1v) is 2.43. The number of hydrogen-bond donors (Lipinski definition) is 0. The van der Waals surface area contributed by atoms with Gasteiger partial charge in [-0.25, -0.2) is 0 Å². The molecule has 0 saturated heterocycles. The van der Waals surface area contributed by atoms with Gasteiger partial charge in [-0.3, -0.25) is 5.11 Å². The summed E-state index contributed by atoms with van der Waals surface area (Å²) < 4.78 is 0. The zero-order valence-corrected chi connectivity index (χ0v) is 4.05. The van der Waals surface area contributed by atoms with Gasteiger partial charge in [0, 0.05) is 0 Å². The number of allylic oxidation sites excluding steroid dienone is 3. The normalized spacial score (nSPS) is 19.1. The van der Waals surface area contributed by atoms with E-state index in [1.54, 1.807) is 12.2 Å². The molecule has 0 heterocycles. The van der Waals surface area contributed by atoms with E-state index in [0.717, 1.165) is 12.8 Å². The lowest BCUT2D eigenvalue weighted by Crippen LogP contribution is -1.78. The Morgan fingerprint density at radius 1 is 1.43 bits per heavy atom. The summed E-state index contributed by atoms with van der Waals surface area (Å²) in [6.07, 6.45) is 7.19. The van der Waals surface area contributed by atoms with Crippen molar-refractivity contribution in [3.63, 3.8) is 0 Å². The molecule has 1 radical (unpaired) electrons. The summed E-state index contributed by atoms with van der Waals surface area (Å²) in [4.78, 5) is 0. The molecule has 1 rings (SSSR count). The maximum atomic E-state index is 10.3. The summed E-state index contributed by atoms with van der Waals surface area (Å²) in [5, 5.41) is 10.3. The molecule has 0 spiro atoms. The molecule has 0 atom stereocenters. The Morgan fingerprint density at radius 2 is 2.29 bits per heavy atom. The number of hydrogen-bond acceptors (Lipinski definition) is 0. The highest BCUT2D eigenvalue weighted by molar-refractivity contribution is 5.13. The first-order chi connectivity index (χ1) is 3.39. The highest BCUT2D eigenvalue weighted by atomic mass is 16.3. The molecule has 0 N–H and O–H groups in total. The molecule has 0 aromatic carbocycles. The van der Waals surface area contributed by atoms with Crippen molar-refractivity contribution in [3.05, 3.63) is 24.0 Å². The van der Waals surface area contributed by atoms with Crippen molar-refractivity contribution in [1.29, 1.82) is 0 Å². The molecular weight excluding hydrogens is 88.1 g/mol. The quantitative estimate of drug-likeness (QED) is 0.436. The van der Waals surface area contributed by atoms with E-state index in [1.165, 1.54) is 0 Å². The summed E-state index contributed by atoms with van der Waals surface area (Å²) in [5.41, 5.74) is 0. The van der Waals surface area contributed by atoms with Gasteiger partial charge in [0.1, 0.15) is 0 Å². The second kappa shape index (κ2) is 1.82. The lowest BCUT2D eigenvalue weighted by atomic mass is 10.2. The van der Waals surface area contributed by atoms with Gasteiger partial charge in [0.15, 0.2) is 5.76 Å². The predicted octanol–water partition coefficient (Wildman–Crippen LogP) is 1.65. The van der Waals surface area contributed by atoms with Crippen molar-refractivity contribution in [2.24, 2.45) is 0 Å². The fourth-order valence-corrected chi connectivity index (χ4v) is 0.589. The average molecular weight is 95.1 g/mol. The zero-order chi connectivity index (χ0) is 5.11. The Hall–Kier alpha value is -0.720. The van der Waals surface area contributed by atoms with E-state index >= 15 is 0 Å². The Labute approximate surface area is 43.0 Å². The molecule has 0 fully saturated rings. The Morgan fingerprint density at radius 3 is 2.57 bits per heavy atom. The molecule has 7 heavy (non-hydrogen) atoms. The van der Waals surface area contributed by atoms with Crippen molar-refractivity contribution in [2.45, 2.75) is 12.8 Å². The van der Waals surface area contributed by atoms with Crippen LogP contribution in [-0.2, 0) is 5.11 Å². The third kappa shape index (κ3) is 1.07. The largest absolute Gasteiger partial charge is 0.290 e. The van der Waals surface area contributed by atoms with Crippen molar-refractivity contribution >= 4 is 0 Å². The van der Waals surface area contributed by atoms with Gasteiger partial charge < -0.3 is 0 Å². The van der Waals surface area contributed by atoms with Gasteiger partial charge in [-0.15, -0.1) is 0 Å². The van der Waals surface area contributed by atoms with Crippen LogP contribution in [0.5, 0.6) is 0 Å². The van der Waals surface area contributed by atoms with E-state index in [1.807, 2.05) is 6.08 Å². The number of rotatable bonds is 0. The monoisotopic (exact) mass is 95.0 g/mol. The predicted molar refractivity (Wildman–Crippen MR) is 27.1 cm³/mol. The van der Waals surface area contributed by atoms with Crippen LogP contribution < -0.4 is 0 Å². The molecule has 0 amide bonds. The maximum absolute atomic E-state index is 10.3. The minimum Gasteiger partial charge on any atom is -0.290 e. The van der Waals surface area contributed by atoms with Crippen LogP contribution in [0.2, 0.25) is 0 Å². The molecule has 1 nitrogen and oxygen atoms in total. The van der Waals surface area contributed by atoms with Gasteiger partial charge in [-0.05, 0) is 25.0 Å². The molecule has 1 aliphatic rings. The van der Waals surface area contributed by atoms with Gasteiger partial charge in [0.25, 0.3) is 0 Å². The summed E-state index contributed by atoms with van der Waals surface area (Å²) in [7, 11) is 0. The van der Waals surface area contributed by atoms with E-state index in [-0.39, 0.29) is 5.76 Å². The van der Waals surface area contributed by atoms with Crippen LogP contribution in [0.3, 0.4) is 0 Å². The Kier molecular flexibility index (Phi) is 1.16. The van der Waals surface area contributed by atoms with E-state index in [9.17, 15) is 5.11 Å². The molecule has 0 aromatic heterocycles. The van der Waals surface area contributed by atoms with Crippen LogP contribution in [-0.4, -0.2) is 0 Å². The first kappa shape index (κ1) is 4.44. The Balaban J connectivity index is 2.58. The molecule has 0 bridgehead atoms. The zero-order valence-electron chi connectivity index (χ0n) is 4.05. The molecule has 0 unspecified atom stereocenters. The third-order valence-corrected chi connectivity index (χ3v) is 0.961. The van der Waals surface area contributed by atoms with Crippen LogP contribution >= 0.6 is 0 Å². The Bertz CT molecular complexity index is 111. The minimum atomic E-state index is 0.159. The van der Waals surface area contributed by atoms with Gasteiger partial charge in [0.2, 0.25) is 0 Å². The fraction of sp³-hybridized carbons (Fsp3) is 0.333. The minimum absolute atomic E-state index is 0.159. The second-order valence-electron chi connectivity index (χ2n) is 1.59. The van der Waals surface area contributed by atoms with Crippen molar-refractivity contribution < 1.29 is 5.11 Å². The topological polar surface area (TPSA) is 19.9 Å². The van der Waals surface area contributed by atoms with Gasteiger partial charge in [-0.2, -0.15) is 0 Å². The summed E-state index contributed by atoms with van der Waals surface area (Å²) in [5.74, 6) is 0.159. The van der Waals surface area contributed by atoms with E-state index in [2.05, 4.69) is 0 Å². The van der Waals surface area contributed by atoms with Gasteiger partial charge >= 0.3 is 0 Å². The third-order valence-electron chi connectivity index (χ3n) is 0.961. The smallest absolute Gasteiger partial charge is 0.174 e. The average Bonchev–Trinajstić information content (AvgIpc) is 1.69. The molecule has 0 saturated carbocycles. The van der Waals surface area contributed by atoms with Gasteiger partial charge in [0.05, 0.1) is 0 Å². The van der Waals surface area contributed by atoms with Crippen molar-refractivity contribution in [1.82, 2.24) is 0 Å². The highest BCUT2D eigenvalue weighted by Crippen LogP contribution is 2.05. The van der Waals surface area contributed by atoms with Crippen LogP contribution in [0.15, 0.2) is 24.0 Å². The van der Waals surface area contributed by atoms with Gasteiger partial charge in [-0.1, -0.05) is 6.08 Å².